The summed E-state index contributed by atoms with van der Waals surface area (Å²) in [7, 11) is 0. The molecule has 9 heteroatoms. The highest BCUT2D eigenvalue weighted by Gasteiger charge is 2.49. The minimum absolute atomic E-state index is 0.232. The Hall–Kier alpha value is -2.65. The van der Waals surface area contributed by atoms with Gasteiger partial charge in [-0.25, -0.2) is 4.68 Å². The third-order valence-corrected chi connectivity index (χ3v) is 5.01. The number of aliphatic hydroxyl groups is 1. The maximum Gasteiger partial charge on any atom is 0.276 e. The van der Waals surface area contributed by atoms with Gasteiger partial charge in [-0.05, 0) is 12.1 Å². The molecule has 4 heterocycles. The van der Waals surface area contributed by atoms with Crippen LogP contribution in [0.3, 0.4) is 0 Å². The molecule has 1 aromatic carbocycles. The topological polar surface area (TPSA) is 98.9 Å². The lowest BCUT2D eigenvalue weighted by Gasteiger charge is -2.22. The smallest absolute Gasteiger partial charge is 0.276 e. The lowest BCUT2D eigenvalue weighted by Crippen LogP contribution is -2.42. The fourth-order valence-electron chi connectivity index (χ4n) is 3.62. The van der Waals surface area contributed by atoms with Gasteiger partial charge >= 0.3 is 0 Å². The Labute approximate surface area is 149 Å². The number of hydrogen-bond acceptors (Lipinski definition) is 7. The standard InChI is InChI=1S/C17H18N4O5/c22-13-9-24-8-12(13)21-7-11(18-19-21)16(23)20-6-5-17(10-20)25-14-3-1-2-4-15(14)26-17/h1-4,7,12-13,22H,5-6,8-10H2/t12-,13-/m1/s1. The summed E-state index contributed by atoms with van der Waals surface area (Å²) >= 11 is 0. The highest BCUT2D eigenvalue weighted by Crippen LogP contribution is 2.43. The summed E-state index contributed by atoms with van der Waals surface area (Å²) < 4.78 is 18.6. The first kappa shape index (κ1) is 15.6. The Kier molecular flexibility index (Phi) is 3.41. The first-order valence-electron chi connectivity index (χ1n) is 8.58. The molecule has 26 heavy (non-hydrogen) atoms. The van der Waals surface area contributed by atoms with Crippen LogP contribution >= 0.6 is 0 Å². The number of rotatable bonds is 2. The Bertz CT molecular complexity index is 828. The highest BCUT2D eigenvalue weighted by atomic mass is 16.7. The Morgan fingerprint density at radius 1 is 1.23 bits per heavy atom. The maximum atomic E-state index is 12.8. The third kappa shape index (κ3) is 2.43. The van der Waals surface area contributed by atoms with Crippen molar-refractivity contribution in [3.05, 3.63) is 36.2 Å². The first-order valence-corrected chi connectivity index (χ1v) is 8.58. The van der Waals surface area contributed by atoms with E-state index in [9.17, 15) is 9.90 Å². The van der Waals surface area contributed by atoms with Crippen molar-refractivity contribution in [3.63, 3.8) is 0 Å². The van der Waals surface area contributed by atoms with Crippen molar-refractivity contribution in [2.24, 2.45) is 0 Å². The van der Waals surface area contributed by atoms with Crippen LogP contribution in [0.2, 0.25) is 0 Å². The van der Waals surface area contributed by atoms with Crippen LogP contribution in [0.25, 0.3) is 0 Å². The van der Waals surface area contributed by atoms with Gasteiger partial charge in [-0.2, -0.15) is 0 Å². The highest BCUT2D eigenvalue weighted by molar-refractivity contribution is 5.92. The van der Waals surface area contributed by atoms with Crippen LogP contribution in [-0.4, -0.2) is 69.1 Å². The molecule has 2 atom stereocenters. The average molecular weight is 358 g/mol. The predicted octanol–water partition coefficient (Wildman–Crippen LogP) is 0.224. The summed E-state index contributed by atoms with van der Waals surface area (Å²) in [5.41, 5.74) is 0.233. The number of carbonyl (C=O) groups excluding carboxylic acids is 1. The molecule has 5 rings (SSSR count). The van der Waals surface area contributed by atoms with E-state index < -0.39 is 11.9 Å². The van der Waals surface area contributed by atoms with Gasteiger partial charge in [-0.15, -0.1) is 5.10 Å². The lowest BCUT2D eigenvalue weighted by atomic mass is 10.2. The van der Waals surface area contributed by atoms with Crippen LogP contribution < -0.4 is 9.47 Å². The largest absolute Gasteiger partial charge is 0.447 e. The first-order chi connectivity index (χ1) is 12.6. The van der Waals surface area contributed by atoms with Crippen molar-refractivity contribution in [3.8, 4) is 11.5 Å². The van der Waals surface area contributed by atoms with Crippen LogP contribution in [0.15, 0.2) is 30.5 Å². The number of likely N-dealkylation sites (tertiary alicyclic amines) is 1. The quantitative estimate of drug-likeness (QED) is 0.820. The Morgan fingerprint density at radius 3 is 2.69 bits per heavy atom. The van der Waals surface area contributed by atoms with Crippen molar-refractivity contribution in [1.29, 1.82) is 0 Å². The van der Waals surface area contributed by atoms with Gasteiger partial charge in [-0.1, -0.05) is 17.3 Å². The van der Waals surface area contributed by atoms with Gasteiger partial charge in [0.25, 0.3) is 11.7 Å². The zero-order valence-electron chi connectivity index (χ0n) is 13.9. The van der Waals surface area contributed by atoms with Gasteiger partial charge in [0.1, 0.15) is 12.1 Å². The van der Waals surface area contributed by atoms with Crippen LogP contribution in [0.4, 0.5) is 0 Å². The van der Waals surface area contributed by atoms with E-state index in [-0.39, 0.29) is 24.2 Å². The van der Waals surface area contributed by atoms with E-state index in [1.54, 1.807) is 11.1 Å². The third-order valence-electron chi connectivity index (χ3n) is 5.01. The van der Waals surface area contributed by atoms with Crippen LogP contribution in [0.5, 0.6) is 11.5 Å². The number of ether oxygens (including phenoxy) is 3. The second-order valence-corrected chi connectivity index (χ2v) is 6.79. The average Bonchev–Trinajstić information content (AvgIpc) is 3.40. The molecular weight excluding hydrogens is 340 g/mol. The molecule has 0 radical (unpaired) electrons. The monoisotopic (exact) mass is 358 g/mol. The fraction of sp³-hybridized carbons (Fsp3) is 0.471. The zero-order chi connectivity index (χ0) is 17.7. The van der Waals surface area contributed by atoms with E-state index in [0.29, 0.717) is 37.6 Å². The molecule has 9 nitrogen and oxygen atoms in total. The number of nitrogens with zero attached hydrogens (tertiary/aromatic N) is 4. The van der Waals surface area contributed by atoms with E-state index >= 15 is 0 Å². The van der Waals surface area contributed by atoms with Gasteiger partial charge < -0.3 is 24.2 Å². The number of fused-ring (bicyclic) bond motifs is 1. The molecule has 0 saturated carbocycles. The number of amides is 1. The predicted molar refractivity (Wildman–Crippen MR) is 86.8 cm³/mol. The van der Waals surface area contributed by atoms with Crippen molar-refractivity contribution in [2.75, 3.05) is 26.3 Å². The molecule has 1 spiro atoms. The van der Waals surface area contributed by atoms with Crippen LogP contribution in [-0.2, 0) is 4.74 Å². The summed E-state index contributed by atoms with van der Waals surface area (Å²) in [4.78, 5) is 14.4. The van der Waals surface area contributed by atoms with Crippen LogP contribution in [0, 0.1) is 0 Å². The van der Waals surface area contributed by atoms with E-state index in [0.717, 1.165) is 0 Å². The SMILES string of the molecule is O=C(c1cn([C@@H]2COC[C@H]2O)nn1)N1CCC2(C1)Oc1ccccc1O2. The number of aromatic nitrogens is 3. The molecule has 3 aliphatic rings. The summed E-state index contributed by atoms with van der Waals surface area (Å²) in [6.45, 7) is 1.44. The van der Waals surface area contributed by atoms with Crippen molar-refractivity contribution in [1.82, 2.24) is 19.9 Å². The Morgan fingerprint density at radius 2 is 2.00 bits per heavy atom. The van der Waals surface area contributed by atoms with Crippen molar-refractivity contribution < 1.29 is 24.1 Å². The van der Waals surface area contributed by atoms with E-state index in [1.165, 1.54) is 4.68 Å². The molecule has 0 unspecified atom stereocenters. The zero-order valence-corrected chi connectivity index (χ0v) is 13.9. The Balaban J connectivity index is 1.30. The van der Waals surface area contributed by atoms with Gasteiger partial charge in [0.2, 0.25) is 0 Å². The summed E-state index contributed by atoms with van der Waals surface area (Å²) in [5, 5.41) is 17.8. The minimum Gasteiger partial charge on any atom is -0.447 e. The molecule has 2 fully saturated rings. The normalized spacial score (nSPS) is 26.0. The second-order valence-electron chi connectivity index (χ2n) is 6.79. The fourth-order valence-corrected chi connectivity index (χ4v) is 3.62. The number of para-hydroxylation sites is 2. The summed E-state index contributed by atoms with van der Waals surface area (Å²) in [6, 6.07) is 7.17. The molecule has 1 amide bonds. The van der Waals surface area contributed by atoms with Crippen molar-refractivity contribution in [2.45, 2.75) is 24.4 Å². The molecule has 3 aliphatic heterocycles. The maximum absolute atomic E-state index is 12.8. The van der Waals surface area contributed by atoms with E-state index in [1.807, 2.05) is 24.3 Å². The van der Waals surface area contributed by atoms with Crippen LogP contribution in [0.1, 0.15) is 23.0 Å². The number of aliphatic hydroxyl groups excluding tert-OH is 1. The molecule has 0 aliphatic carbocycles. The van der Waals surface area contributed by atoms with Gasteiger partial charge in [0.15, 0.2) is 17.2 Å². The van der Waals surface area contributed by atoms with E-state index in [2.05, 4.69) is 10.3 Å². The van der Waals surface area contributed by atoms with E-state index in [4.69, 9.17) is 14.2 Å². The molecule has 136 valence electrons. The lowest BCUT2D eigenvalue weighted by molar-refractivity contribution is -0.0657. The molecule has 1 N–H and O–H groups in total. The second kappa shape index (κ2) is 5.68. The number of hydrogen-bond donors (Lipinski definition) is 1. The number of benzene rings is 1. The molecule has 0 bridgehead atoms. The summed E-state index contributed by atoms with van der Waals surface area (Å²) in [5.74, 6) is 0.334. The van der Waals surface area contributed by atoms with Gasteiger partial charge in [0.05, 0.1) is 26.0 Å². The summed E-state index contributed by atoms with van der Waals surface area (Å²) in [6.07, 6.45) is 1.49. The van der Waals surface area contributed by atoms with Gasteiger partial charge in [0, 0.05) is 13.0 Å². The van der Waals surface area contributed by atoms with Gasteiger partial charge in [-0.3, -0.25) is 4.79 Å². The number of carbonyl (C=O) groups is 1. The molecule has 1 aromatic heterocycles. The van der Waals surface area contributed by atoms with Crippen molar-refractivity contribution >= 4 is 5.91 Å². The molecule has 2 saturated heterocycles. The minimum atomic E-state index is -0.829. The molecule has 2 aromatic rings. The molecular formula is C17H18N4O5.